The van der Waals surface area contributed by atoms with Crippen molar-refractivity contribution in [2.45, 2.75) is 26.7 Å². The molecule has 22 heavy (non-hydrogen) atoms. The fourth-order valence-electron chi connectivity index (χ4n) is 2.83. The van der Waals surface area contributed by atoms with E-state index in [4.69, 9.17) is 0 Å². The van der Waals surface area contributed by atoms with Crippen LogP contribution >= 0.6 is 0 Å². The number of hydrogen-bond acceptors (Lipinski definition) is 1. The monoisotopic (exact) mass is 288 g/mol. The van der Waals surface area contributed by atoms with Gasteiger partial charge in [-0.25, -0.2) is 0 Å². The van der Waals surface area contributed by atoms with E-state index in [2.05, 4.69) is 55.5 Å². The first-order valence-corrected chi connectivity index (χ1v) is 7.78. The number of ketones is 1. The van der Waals surface area contributed by atoms with Gasteiger partial charge in [-0.15, -0.1) is 0 Å². The Labute approximate surface area is 131 Å². The third-order valence-corrected chi connectivity index (χ3v) is 4.11. The van der Waals surface area contributed by atoms with Crippen molar-refractivity contribution in [1.29, 1.82) is 0 Å². The van der Waals surface area contributed by atoms with E-state index < -0.39 is 0 Å². The minimum atomic E-state index is 0.205. The smallest absolute Gasteiger partial charge is 0.162 e. The fourth-order valence-corrected chi connectivity index (χ4v) is 2.83. The second-order valence-corrected chi connectivity index (χ2v) is 5.80. The van der Waals surface area contributed by atoms with Gasteiger partial charge in [-0.2, -0.15) is 0 Å². The van der Waals surface area contributed by atoms with Crippen LogP contribution < -0.4 is 0 Å². The Kier molecular flexibility index (Phi) is 4.06. The Balaban J connectivity index is 2.09. The highest BCUT2D eigenvalue weighted by Gasteiger charge is 2.09. The number of hydrogen-bond donors (Lipinski definition) is 0. The van der Waals surface area contributed by atoms with Crippen molar-refractivity contribution in [3.8, 4) is 0 Å². The molecule has 0 aliphatic heterocycles. The number of Topliss-reactive ketones (excluding diaryl/α,β-unsaturated/α-hetero) is 1. The van der Waals surface area contributed by atoms with Gasteiger partial charge >= 0.3 is 0 Å². The van der Waals surface area contributed by atoms with Crippen molar-refractivity contribution in [1.82, 2.24) is 0 Å². The molecule has 3 aromatic carbocycles. The summed E-state index contributed by atoms with van der Waals surface area (Å²) in [5, 5.41) is 2.37. The van der Waals surface area contributed by atoms with Gasteiger partial charge in [-0.05, 0) is 47.4 Å². The maximum atomic E-state index is 12.1. The topological polar surface area (TPSA) is 17.1 Å². The van der Waals surface area contributed by atoms with Gasteiger partial charge < -0.3 is 0 Å². The average Bonchev–Trinajstić information content (AvgIpc) is 2.56. The van der Waals surface area contributed by atoms with Crippen LogP contribution in [0.15, 0.2) is 60.7 Å². The molecule has 0 unspecified atom stereocenters. The molecule has 0 aromatic heterocycles. The van der Waals surface area contributed by atoms with Crippen LogP contribution in [0.3, 0.4) is 0 Å². The Morgan fingerprint density at radius 3 is 2.41 bits per heavy atom. The van der Waals surface area contributed by atoms with Crippen molar-refractivity contribution in [2.75, 3.05) is 0 Å². The zero-order valence-electron chi connectivity index (χ0n) is 13.1. The molecule has 0 bridgehead atoms. The lowest BCUT2D eigenvalue weighted by atomic mass is 9.94. The average molecular weight is 288 g/mol. The molecule has 3 aromatic rings. The first-order valence-electron chi connectivity index (χ1n) is 7.78. The molecular formula is C21H20O. The van der Waals surface area contributed by atoms with E-state index in [-0.39, 0.29) is 5.78 Å². The van der Waals surface area contributed by atoms with Crippen LogP contribution in [0.2, 0.25) is 0 Å². The molecule has 0 atom stereocenters. The summed E-state index contributed by atoms with van der Waals surface area (Å²) in [6.45, 7) is 4.01. The summed E-state index contributed by atoms with van der Waals surface area (Å²) in [6.07, 6.45) is 1.40. The molecule has 0 heterocycles. The standard InChI is InChI=1S/C21H20O/c1-3-21(22)19-13-17-6-4-5-7-20(17)18(14-19)12-16-10-8-15(2)9-11-16/h4-11,13-14H,3,12H2,1-2H3. The molecule has 0 saturated heterocycles. The van der Waals surface area contributed by atoms with Gasteiger partial charge in [-0.3, -0.25) is 4.79 Å². The lowest BCUT2D eigenvalue weighted by Crippen LogP contribution is -1.99. The van der Waals surface area contributed by atoms with Crippen LogP contribution in [0.4, 0.5) is 0 Å². The molecule has 0 N–H and O–H groups in total. The van der Waals surface area contributed by atoms with Crippen molar-refractivity contribution in [2.24, 2.45) is 0 Å². The molecule has 0 saturated carbocycles. The van der Waals surface area contributed by atoms with E-state index in [0.717, 1.165) is 17.4 Å². The summed E-state index contributed by atoms with van der Waals surface area (Å²) in [5.74, 6) is 0.205. The molecule has 1 nitrogen and oxygen atoms in total. The minimum absolute atomic E-state index is 0.205. The fraction of sp³-hybridized carbons (Fsp3) is 0.190. The summed E-state index contributed by atoms with van der Waals surface area (Å²) in [6, 6.07) is 21.0. The number of aryl methyl sites for hydroxylation is 1. The third-order valence-electron chi connectivity index (χ3n) is 4.11. The quantitative estimate of drug-likeness (QED) is 0.593. The van der Waals surface area contributed by atoms with Gasteiger partial charge in [0.25, 0.3) is 0 Å². The maximum absolute atomic E-state index is 12.1. The van der Waals surface area contributed by atoms with E-state index in [1.54, 1.807) is 0 Å². The first-order chi connectivity index (χ1) is 10.7. The molecule has 3 rings (SSSR count). The molecule has 0 amide bonds. The van der Waals surface area contributed by atoms with Crippen LogP contribution in [0.5, 0.6) is 0 Å². The van der Waals surface area contributed by atoms with Gasteiger partial charge in [-0.1, -0.05) is 61.0 Å². The van der Waals surface area contributed by atoms with Crippen molar-refractivity contribution >= 4 is 16.6 Å². The third kappa shape index (κ3) is 2.94. The Morgan fingerprint density at radius 1 is 0.955 bits per heavy atom. The SMILES string of the molecule is CCC(=O)c1cc(Cc2ccc(C)cc2)c2ccccc2c1. The van der Waals surface area contributed by atoms with E-state index in [1.807, 2.05) is 19.1 Å². The summed E-state index contributed by atoms with van der Waals surface area (Å²) in [7, 11) is 0. The van der Waals surface area contributed by atoms with Crippen LogP contribution in [-0.2, 0) is 6.42 Å². The van der Waals surface area contributed by atoms with Crippen LogP contribution in [-0.4, -0.2) is 5.78 Å². The summed E-state index contributed by atoms with van der Waals surface area (Å²) in [4.78, 5) is 12.1. The summed E-state index contributed by atoms with van der Waals surface area (Å²) >= 11 is 0. The lowest BCUT2D eigenvalue weighted by molar-refractivity contribution is 0.0988. The Morgan fingerprint density at radius 2 is 1.68 bits per heavy atom. The summed E-state index contributed by atoms with van der Waals surface area (Å²) < 4.78 is 0. The highest BCUT2D eigenvalue weighted by Crippen LogP contribution is 2.24. The molecule has 110 valence electrons. The number of rotatable bonds is 4. The number of carbonyl (C=O) groups excluding carboxylic acids is 1. The van der Waals surface area contributed by atoms with E-state index in [1.165, 1.54) is 22.1 Å². The van der Waals surface area contributed by atoms with Crippen LogP contribution in [0.25, 0.3) is 10.8 Å². The summed E-state index contributed by atoms with van der Waals surface area (Å²) in [5.41, 5.74) is 4.59. The second-order valence-electron chi connectivity index (χ2n) is 5.80. The van der Waals surface area contributed by atoms with Gasteiger partial charge in [0.15, 0.2) is 5.78 Å². The zero-order chi connectivity index (χ0) is 15.5. The Hall–Kier alpha value is -2.41. The maximum Gasteiger partial charge on any atom is 0.162 e. The molecular weight excluding hydrogens is 268 g/mol. The first kappa shape index (κ1) is 14.5. The van der Waals surface area contributed by atoms with E-state index in [9.17, 15) is 4.79 Å². The second kappa shape index (κ2) is 6.15. The minimum Gasteiger partial charge on any atom is -0.294 e. The lowest BCUT2D eigenvalue weighted by Gasteiger charge is -2.10. The molecule has 1 heteroatoms. The molecule has 0 aliphatic rings. The van der Waals surface area contributed by atoms with Crippen molar-refractivity contribution in [3.63, 3.8) is 0 Å². The number of fused-ring (bicyclic) bond motifs is 1. The van der Waals surface area contributed by atoms with Gasteiger partial charge in [0.2, 0.25) is 0 Å². The predicted molar refractivity (Wildman–Crippen MR) is 92.6 cm³/mol. The van der Waals surface area contributed by atoms with Crippen LogP contribution in [0, 0.1) is 6.92 Å². The van der Waals surface area contributed by atoms with Crippen molar-refractivity contribution < 1.29 is 4.79 Å². The largest absolute Gasteiger partial charge is 0.294 e. The highest BCUT2D eigenvalue weighted by molar-refractivity contribution is 6.00. The van der Waals surface area contributed by atoms with Gasteiger partial charge in [0, 0.05) is 12.0 Å². The van der Waals surface area contributed by atoms with Crippen molar-refractivity contribution in [3.05, 3.63) is 82.9 Å². The van der Waals surface area contributed by atoms with Gasteiger partial charge in [0.1, 0.15) is 0 Å². The normalized spacial score (nSPS) is 10.8. The van der Waals surface area contributed by atoms with Crippen LogP contribution in [0.1, 0.15) is 40.4 Å². The zero-order valence-corrected chi connectivity index (χ0v) is 13.1. The van der Waals surface area contributed by atoms with E-state index >= 15 is 0 Å². The predicted octanol–water partition coefficient (Wildman–Crippen LogP) is 5.33. The number of carbonyl (C=O) groups is 1. The van der Waals surface area contributed by atoms with E-state index in [0.29, 0.717) is 6.42 Å². The van der Waals surface area contributed by atoms with Gasteiger partial charge in [0.05, 0.1) is 0 Å². The highest BCUT2D eigenvalue weighted by atomic mass is 16.1. The molecule has 0 radical (unpaired) electrons. The Bertz CT molecular complexity index is 813. The molecule has 0 fully saturated rings. The molecule has 0 spiro atoms. The number of benzene rings is 3. The molecule has 0 aliphatic carbocycles.